The summed E-state index contributed by atoms with van der Waals surface area (Å²) >= 11 is 2.15. The number of hydrogen-bond donors (Lipinski definition) is 0. The van der Waals surface area contributed by atoms with Gasteiger partial charge in [0.05, 0.1) is 22.9 Å². The van der Waals surface area contributed by atoms with Gasteiger partial charge in [-0.3, -0.25) is 7.91 Å². The normalized spacial score (nSPS) is 14.9. The van der Waals surface area contributed by atoms with Crippen molar-refractivity contribution in [3.05, 3.63) is 0 Å². The van der Waals surface area contributed by atoms with Crippen LogP contribution in [0.3, 0.4) is 0 Å². The van der Waals surface area contributed by atoms with E-state index in [2.05, 4.69) is 78.3 Å². The highest BCUT2D eigenvalue weighted by molar-refractivity contribution is 14.1. The van der Waals surface area contributed by atoms with Crippen molar-refractivity contribution in [2.45, 2.75) is 67.9 Å². The average Bonchev–Trinajstić information content (AvgIpc) is 2.08. The van der Waals surface area contributed by atoms with E-state index < -0.39 is 0 Å². The highest BCUT2D eigenvalue weighted by Crippen LogP contribution is 2.38. The van der Waals surface area contributed by atoms with Crippen LogP contribution >= 0.6 is 22.9 Å². The standard InChI is InChI=1S/C14H28INO/c1-10(2)16(15)12(17)11(14(6,7)8)9-13(3,4)5/h10-11H,9H2,1-8H3. The smallest absolute Gasteiger partial charge is 0.235 e. The molecule has 1 amide bonds. The molecule has 1 unspecified atom stereocenters. The van der Waals surface area contributed by atoms with Gasteiger partial charge in [0.1, 0.15) is 0 Å². The predicted molar refractivity (Wildman–Crippen MR) is 83.0 cm³/mol. The maximum atomic E-state index is 12.5. The molecule has 0 aliphatic heterocycles. The maximum absolute atomic E-state index is 12.5. The molecule has 0 fully saturated rings. The number of amides is 1. The molecule has 0 aliphatic rings. The molecule has 1 atom stereocenters. The number of carbonyl (C=O) groups is 1. The SMILES string of the molecule is CC(C)N(I)C(=O)C(CC(C)(C)C)C(C)(C)C. The Hall–Kier alpha value is 0.200. The lowest BCUT2D eigenvalue weighted by Gasteiger charge is -2.37. The monoisotopic (exact) mass is 353 g/mol. The summed E-state index contributed by atoms with van der Waals surface area (Å²) in [6.07, 6.45) is 0.932. The Labute approximate surface area is 121 Å². The van der Waals surface area contributed by atoms with Gasteiger partial charge in [-0.1, -0.05) is 41.5 Å². The lowest BCUT2D eigenvalue weighted by atomic mass is 9.71. The summed E-state index contributed by atoms with van der Waals surface area (Å²) in [7, 11) is 0. The largest absolute Gasteiger partial charge is 0.282 e. The van der Waals surface area contributed by atoms with Gasteiger partial charge in [-0.15, -0.1) is 0 Å². The van der Waals surface area contributed by atoms with Gasteiger partial charge in [0, 0.05) is 12.0 Å². The second-order valence-electron chi connectivity index (χ2n) is 7.43. The van der Waals surface area contributed by atoms with E-state index in [0.717, 1.165) is 6.42 Å². The molecule has 0 spiro atoms. The van der Waals surface area contributed by atoms with E-state index >= 15 is 0 Å². The van der Waals surface area contributed by atoms with Crippen LogP contribution in [0.2, 0.25) is 0 Å². The average molecular weight is 353 g/mol. The first-order valence-corrected chi connectivity index (χ1v) is 7.31. The Balaban J connectivity index is 5.02. The topological polar surface area (TPSA) is 20.3 Å². The molecule has 0 N–H and O–H groups in total. The van der Waals surface area contributed by atoms with Gasteiger partial charge in [0.25, 0.3) is 0 Å². The molecule has 0 aliphatic carbocycles. The fourth-order valence-corrected chi connectivity index (χ4v) is 2.12. The summed E-state index contributed by atoms with van der Waals surface area (Å²) in [6.45, 7) is 17.2. The Kier molecular flexibility index (Phi) is 5.96. The molecule has 0 radical (unpaired) electrons. The van der Waals surface area contributed by atoms with Crippen LogP contribution in [0.1, 0.15) is 61.8 Å². The molecule has 0 aromatic carbocycles. The molecule has 0 aromatic heterocycles. The molecule has 0 rings (SSSR count). The summed E-state index contributed by atoms with van der Waals surface area (Å²) in [5.74, 6) is 0.352. The molecule has 2 nitrogen and oxygen atoms in total. The van der Waals surface area contributed by atoms with Crippen LogP contribution in [0, 0.1) is 16.7 Å². The molecule has 0 saturated heterocycles. The third-order valence-electron chi connectivity index (χ3n) is 2.82. The maximum Gasteiger partial charge on any atom is 0.235 e. The molecular weight excluding hydrogens is 325 g/mol. The Morgan fingerprint density at radius 1 is 1.12 bits per heavy atom. The molecule has 0 aromatic rings. The fraction of sp³-hybridized carbons (Fsp3) is 0.929. The van der Waals surface area contributed by atoms with Crippen LogP contribution in [0.4, 0.5) is 0 Å². The van der Waals surface area contributed by atoms with Crippen molar-refractivity contribution in [1.82, 2.24) is 3.11 Å². The third-order valence-corrected chi connectivity index (χ3v) is 4.41. The van der Waals surface area contributed by atoms with Gasteiger partial charge in [-0.25, -0.2) is 0 Å². The van der Waals surface area contributed by atoms with Crippen LogP contribution in [0.25, 0.3) is 0 Å². The van der Waals surface area contributed by atoms with Crippen molar-refractivity contribution in [2.75, 3.05) is 0 Å². The molecule has 0 bridgehead atoms. The lowest BCUT2D eigenvalue weighted by molar-refractivity contribution is -0.135. The minimum absolute atomic E-state index is 0.0165. The zero-order chi connectivity index (χ0) is 14.0. The number of hydrogen-bond acceptors (Lipinski definition) is 1. The number of rotatable bonds is 3. The van der Waals surface area contributed by atoms with Crippen LogP contribution < -0.4 is 0 Å². The van der Waals surface area contributed by atoms with E-state index in [0.29, 0.717) is 0 Å². The lowest BCUT2D eigenvalue weighted by Crippen LogP contribution is -2.41. The first kappa shape index (κ1) is 17.2. The summed E-state index contributed by atoms with van der Waals surface area (Å²) in [5.41, 5.74) is 0.199. The zero-order valence-corrected chi connectivity index (χ0v) is 14.8. The Bertz CT molecular complexity index is 260. The zero-order valence-electron chi connectivity index (χ0n) is 12.6. The Morgan fingerprint density at radius 3 is 1.76 bits per heavy atom. The van der Waals surface area contributed by atoms with E-state index in [-0.39, 0.29) is 28.7 Å². The summed E-state index contributed by atoms with van der Waals surface area (Å²) < 4.78 is 1.85. The van der Waals surface area contributed by atoms with Crippen molar-refractivity contribution in [3.8, 4) is 0 Å². The van der Waals surface area contributed by atoms with Crippen molar-refractivity contribution in [2.24, 2.45) is 16.7 Å². The van der Waals surface area contributed by atoms with Crippen molar-refractivity contribution >= 4 is 28.8 Å². The van der Waals surface area contributed by atoms with Gasteiger partial charge in [-0.2, -0.15) is 0 Å². The van der Waals surface area contributed by atoms with Crippen molar-refractivity contribution < 1.29 is 4.79 Å². The molecule has 0 heterocycles. The van der Waals surface area contributed by atoms with Crippen molar-refractivity contribution in [1.29, 1.82) is 0 Å². The summed E-state index contributed by atoms with van der Waals surface area (Å²) in [5, 5.41) is 0. The number of halogens is 1. The first-order chi connectivity index (χ1) is 7.36. The molecular formula is C14H28INO. The van der Waals surface area contributed by atoms with E-state index in [1.165, 1.54) is 0 Å². The van der Waals surface area contributed by atoms with E-state index in [1.54, 1.807) is 0 Å². The van der Waals surface area contributed by atoms with E-state index in [9.17, 15) is 4.79 Å². The van der Waals surface area contributed by atoms with Gasteiger partial charge < -0.3 is 0 Å². The fourth-order valence-electron chi connectivity index (χ4n) is 1.78. The first-order valence-electron chi connectivity index (χ1n) is 6.35. The molecule has 0 saturated carbocycles. The van der Waals surface area contributed by atoms with Gasteiger partial charge in [0.15, 0.2) is 0 Å². The van der Waals surface area contributed by atoms with Crippen molar-refractivity contribution in [3.63, 3.8) is 0 Å². The van der Waals surface area contributed by atoms with E-state index in [1.807, 2.05) is 3.11 Å². The highest BCUT2D eigenvalue weighted by atomic mass is 127. The van der Waals surface area contributed by atoms with Gasteiger partial charge >= 0.3 is 0 Å². The predicted octanol–water partition coefficient (Wildman–Crippen LogP) is 4.67. The number of nitrogens with zero attached hydrogens (tertiary/aromatic N) is 1. The van der Waals surface area contributed by atoms with E-state index in [4.69, 9.17) is 0 Å². The van der Waals surface area contributed by atoms with Crippen LogP contribution in [0.15, 0.2) is 0 Å². The van der Waals surface area contributed by atoms with Gasteiger partial charge in [-0.05, 0) is 31.1 Å². The van der Waals surface area contributed by atoms with Crippen LogP contribution in [-0.4, -0.2) is 15.1 Å². The van der Waals surface area contributed by atoms with Crippen LogP contribution in [-0.2, 0) is 4.79 Å². The van der Waals surface area contributed by atoms with Crippen LogP contribution in [0.5, 0.6) is 0 Å². The molecule has 17 heavy (non-hydrogen) atoms. The molecule has 102 valence electrons. The summed E-state index contributed by atoms with van der Waals surface area (Å²) in [4.78, 5) is 12.5. The Morgan fingerprint density at radius 2 is 1.53 bits per heavy atom. The van der Waals surface area contributed by atoms with Gasteiger partial charge in [0.2, 0.25) is 5.91 Å². The second kappa shape index (κ2) is 5.89. The minimum Gasteiger partial charge on any atom is -0.282 e. The molecule has 3 heteroatoms. The quantitative estimate of drug-likeness (QED) is 0.533. The minimum atomic E-state index is 0.0165. The highest BCUT2D eigenvalue weighted by Gasteiger charge is 2.37. The second-order valence-corrected chi connectivity index (χ2v) is 8.47. The number of carbonyl (C=O) groups excluding carboxylic acids is 1. The third kappa shape index (κ3) is 6.07. The summed E-state index contributed by atoms with van der Waals surface area (Å²) in [6, 6.07) is 0.257.